The number of carbonyl (C=O) groups excluding carboxylic acids is 1. The number of piperidine rings is 1. The van der Waals surface area contributed by atoms with E-state index in [1.54, 1.807) is 0 Å². The van der Waals surface area contributed by atoms with Gasteiger partial charge in [0, 0.05) is 43.3 Å². The summed E-state index contributed by atoms with van der Waals surface area (Å²) in [6.45, 7) is 5.97. The zero-order chi connectivity index (χ0) is 17.6. The quantitative estimate of drug-likeness (QED) is 0.861. The normalized spacial score (nSPS) is 21.5. The van der Waals surface area contributed by atoms with Crippen molar-refractivity contribution in [1.29, 1.82) is 0 Å². The van der Waals surface area contributed by atoms with Crippen LogP contribution in [0.5, 0.6) is 0 Å². The number of nitrogens with zero attached hydrogens (tertiary/aromatic N) is 4. The van der Waals surface area contributed by atoms with Gasteiger partial charge >= 0.3 is 0 Å². The number of aryl methyl sites for hydroxylation is 1. The molecule has 0 bridgehead atoms. The Hall–Kier alpha value is -1.88. The lowest BCUT2D eigenvalue weighted by atomic mass is 9.77. The summed E-state index contributed by atoms with van der Waals surface area (Å²) >= 11 is 0. The Balaban J connectivity index is 1.39. The molecule has 1 amide bonds. The first kappa shape index (κ1) is 16.6. The van der Waals surface area contributed by atoms with Crippen LogP contribution in [-0.2, 0) is 18.3 Å². The Morgan fingerprint density at radius 2 is 1.96 bits per heavy atom. The molecule has 134 valence electrons. The highest BCUT2D eigenvalue weighted by Gasteiger charge is 2.42. The molecule has 2 aromatic rings. The molecule has 0 N–H and O–H groups in total. The van der Waals surface area contributed by atoms with Gasteiger partial charge in [-0.1, -0.05) is 6.92 Å². The van der Waals surface area contributed by atoms with Gasteiger partial charge in [0.15, 0.2) is 0 Å². The molecule has 0 aliphatic carbocycles. The number of carbonyl (C=O) groups is 1. The SMILES string of the molecule is CN1CCC(C)(C(=O)N2CC(Cc3nccc4ccn(C)c34)C2)CC1. The average molecular weight is 340 g/mol. The third kappa shape index (κ3) is 2.95. The van der Waals surface area contributed by atoms with Crippen molar-refractivity contribution in [1.82, 2.24) is 19.4 Å². The van der Waals surface area contributed by atoms with Crippen molar-refractivity contribution in [3.05, 3.63) is 30.2 Å². The van der Waals surface area contributed by atoms with Crippen molar-refractivity contribution in [2.75, 3.05) is 33.2 Å². The Morgan fingerprint density at radius 3 is 2.68 bits per heavy atom. The van der Waals surface area contributed by atoms with E-state index in [1.807, 2.05) is 6.20 Å². The zero-order valence-corrected chi connectivity index (χ0v) is 15.5. The fraction of sp³-hybridized carbons (Fsp3) is 0.600. The molecule has 2 aromatic heterocycles. The van der Waals surface area contributed by atoms with E-state index in [4.69, 9.17) is 0 Å². The van der Waals surface area contributed by atoms with E-state index in [-0.39, 0.29) is 5.41 Å². The summed E-state index contributed by atoms with van der Waals surface area (Å²) in [5, 5.41) is 1.25. The van der Waals surface area contributed by atoms with Crippen molar-refractivity contribution < 1.29 is 4.79 Å². The molecule has 0 spiro atoms. The van der Waals surface area contributed by atoms with Crippen LogP contribution in [0.3, 0.4) is 0 Å². The summed E-state index contributed by atoms with van der Waals surface area (Å²) in [5.41, 5.74) is 2.23. The third-order valence-corrected chi connectivity index (χ3v) is 6.19. The molecular weight excluding hydrogens is 312 g/mol. The van der Waals surface area contributed by atoms with E-state index < -0.39 is 0 Å². The zero-order valence-electron chi connectivity index (χ0n) is 15.5. The van der Waals surface area contributed by atoms with Crippen LogP contribution in [-0.4, -0.2) is 58.5 Å². The Bertz CT molecular complexity index is 782. The van der Waals surface area contributed by atoms with Gasteiger partial charge in [-0.15, -0.1) is 0 Å². The minimum absolute atomic E-state index is 0.159. The van der Waals surface area contributed by atoms with Crippen LogP contribution in [0.2, 0.25) is 0 Å². The maximum atomic E-state index is 12.9. The molecule has 0 saturated carbocycles. The molecule has 2 aliphatic rings. The first-order valence-electron chi connectivity index (χ1n) is 9.33. The van der Waals surface area contributed by atoms with Gasteiger partial charge in [0.05, 0.1) is 11.2 Å². The van der Waals surface area contributed by atoms with E-state index in [9.17, 15) is 4.79 Å². The molecule has 0 unspecified atom stereocenters. The highest BCUT2D eigenvalue weighted by Crippen LogP contribution is 2.35. The summed E-state index contributed by atoms with van der Waals surface area (Å²) in [6, 6.07) is 4.20. The van der Waals surface area contributed by atoms with E-state index >= 15 is 0 Å². The summed E-state index contributed by atoms with van der Waals surface area (Å²) in [7, 11) is 4.21. The van der Waals surface area contributed by atoms with Crippen molar-refractivity contribution in [3.8, 4) is 0 Å². The number of pyridine rings is 1. The second kappa shape index (κ2) is 6.13. The number of rotatable bonds is 3. The maximum Gasteiger partial charge on any atom is 0.228 e. The highest BCUT2D eigenvalue weighted by atomic mass is 16.2. The molecule has 2 fully saturated rings. The highest BCUT2D eigenvalue weighted by molar-refractivity contribution is 5.84. The predicted molar refractivity (Wildman–Crippen MR) is 99.3 cm³/mol. The van der Waals surface area contributed by atoms with Crippen molar-refractivity contribution in [3.63, 3.8) is 0 Å². The summed E-state index contributed by atoms with van der Waals surface area (Å²) in [4.78, 5) is 21.9. The molecule has 4 heterocycles. The van der Waals surface area contributed by atoms with Gasteiger partial charge in [0.1, 0.15) is 0 Å². The van der Waals surface area contributed by atoms with Gasteiger partial charge < -0.3 is 14.4 Å². The molecule has 0 atom stereocenters. The predicted octanol–water partition coefficient (Wildman–Crippen LogP) is 2.31. The lowest BCUT2D eigenvalue weighted by Crippen LogP contribution is -2.57. The third-order valence-electron chi connectivity index (χ3n) is 6.19. The molecule has 0 radical (unpaired) electrons. The first-order valence-corrected chi connectivity index (χ1v) is 9.33. The Morgan fingerprint density at radius 1 is 1.24 bits per heavy atom. The van der Waals surface area contributed by atoms with E-state index in [0.717, 1.165) is 51.1 Å². The van der Waals surface area contributed by atoms with Gasteiger partial charge in [0.25, 0.3) is 0 Å². The number of likely N-dealkylation sites (tertiary alicyclic amines) is 2. The van der Waals surface area contributed by atoms with Crippen LogP contribution in [0.25, 0.3) is 10.9 Å². The molecule has 4 rings (SSSR count). The van der Waals surface area contributed by atoms with Gasteiger partial charge in [0.2, 0.25) is 5.91 Å². The van der Waals surface area contributed by atoms with E-state index in [0.29, 0.717) is 11.8 Å². The summed E-state index contributed by atoms with van der Waals surface area (Å²) < 4.78 is 2.15. The average Bonchev–Trinajstić information content (AvgIpc) is 2.95. The van der Waals surface area contributed by atoms with Crippen molar-refractivity contribution in [2.45, 2.75) is 26.2 Å². The molecule has 5 nitrogen and oxygen atoms in total. The van der Waals surface area contributed by atoms with E-state index in [2.05, 4.69) is 58.7 Å². The van der Waals surface area contributed by atoms with Crippen molar-refractivity contribution in [2.24, 2.45) is 18.4 Å². The topological polar surface area (TPSA) is 41.4 Å². The Labute approximate surface area is 149 Å². The second-order valence-electron chi connectivity index (χ2n) is 8.27. The van der Waals surface area contributed by atoms with E-state index in [1.165, 1.54) is 10.9 Å². The number of hydrogen-bond donors (Lipinski definition) is 0. The largest absolute Gasteiger partial charge is 0.349 e. The second-order valence-corrected chi connectivity index (χ2v) is 8.27. The Kier molecular flexibility index (Phi) is 4.07. The summed E-state index contributed by atoms with van der Waals surface area (Å²) in [5.74, 6) is 0.897. The molecule has 2 aliphatic heterocycles. The fourth-order valence-corrected chi connectivity index (χ4v) is 4.32. The van der Waals surface area contributed by atoms with Crippen LogP contribution in [0, 0.1) is 11.3 Å². The maximum absolute atomic E-state index is 12.9. The number of hydrogen-bond acceptors (Lipinski definition) is 3. The minimum Gasteiger partial charge on any atom is -0.349 e. The smallest absolute Gasteiger partial charge is 0.228 e. The lowest BCUT2D eigenvalue weighted by molar-refractivity contribution is -0.150. The van der Waals surface area contributed by atoms with Gasteiger partial charge in [-0.3, -0.25) is 9.78 Å². The van der Waals surface area contributed by atoms with Gasteiger partial charge in [-0.25, -0.2) is 0 Å². The first-order chi connectivity index (χ1) is 12.0. The van der Waals surface area contributed by atoms with Crippen LogP contribution >= 0.6 is 0 Å². The van der Waals surface area contributed by atoms with Gasteiger partial charge in [-0.05, 0) is 57.5 Å². The number of fused-ring (bicyclic) bond motifs is 1. The number of aromatic nitrogens is 2. The van der Waals surface area contributed by atoms with Crippen LogP contribution < -0.4 is 0 Å². The molecular formula is C20H28N4O. The molecule has 5 heteroatoms. The molecule has 25 heavy (non-hydrogen) atoms. The standard InChI is InChI=1S/C20H28N4O/c1-20(6-10-22(2)11-7-20)19(25)24-13-15(14-24)12-17-18-16(4-8-21-17)5-9-23(18)3/h4-5,8-9,15H,6-7,10-14H2,1-3H3. The summed E-state index contributed by atoms with van der Waals surface area (Å²) in [6.07, 6.45) is 6.91. The van der Waals surface area contributed by atoms with Crippen LogP contribution in [0.4, 0.5) is 0 Å². The lowest BCUT2D eigenvalue weighted by Gasteiger charge is -2.46. The van der Waals surface area contributed by atoms with Crippen molar-refractivity contribution >= 4 is 16.8 Å². The monoisotopic (exact) mass is 340 g/mol. The van der Waals surface area contributed by atoms with Gasteiger partial charge in [-0.2, -0.15) is 0 Å². The number of amides is 1. The minimum atomic E-state index is -0.159. The fourth-order valence-electron chi connectivity index (χ4n) is 4.32. The van der Waals surface area contributed by atoms with Crippen LogP contribution in [0.15, 0.2) is 24.5 Å². The molecule has 0 aromatic carbocycles. The van der Waals surface area contributed by atoms with Crippen LogP contribution in [0.1, 0.15) is 25.5 Å². The molecule has 2 saturated heterocycles.